The summed E-state index contributed by atoms with van der Waals surface area (Å²) in [6, 6.07) is 17.1. The van der Waals surface area contributed by atoms with Gasteiger partial charge in [-0.15, -0.1) is 24.0 Å². The van der Waals surface area contributed by atoms with Crippen LogP contribution in [-0.2, 0) is 19.5 Å². The second-order valence-electron chi connectivity index (χ2n) is 6.23. The Morgan fingerprint density at radius 2 is 1.79 bits per heavy atom. The van der Waals surface area contributed by atoms with Crippen LogP contribution in [0.5, 0.6) is 0 Å². The Morgan fingerprint density at radius 3 is 2.54 bits per heavy atom. The Labute approximate surface area is 182 Å². The van der Waals surface area contributed by atoms with Crippen molar-refractivity contribution in [3.8, 4) is 0 Å². The lowest BCUT2D eigenvalue weighted by atomic mass is 10.1. The van der Waals surface area contributed by atoms with E-state index >= 15 is 0 Å². The van der Waals surface area contributed by atoms with E-state index in [1.165, 1.54) is 11.6 Å². The fourth-order valence-electron chi connectivity index (χ4n) is 2.78. The first-order chi connectivity index (χ1) is 13.2. The fourth-order valence-corrected chi connectivity index (χ4v) is 2.78. The molecule has 3 aromatic rings. The summed E-state index contributed by atoms with van der Waals surface area (Å²) in [6.45, 7) is 1.97. The van der Waals surface area contributed by atoms with E-state index in [0.29, 0.717) is 31.0 Å². The van der Waals surface area contributed by atoms with E-state index in [2.05, 4.69) is 32.9 Å². The first kappa shape index (κ1) is 21.9. The monoisotopic (exact) mass is 493 g/mol. The Balaban J connectivity index is 0.00000280. The van der Waals surface area contributed by atoms with Crippen molar-refractivity contribution in [3.05, 3.63) is 89.5 Å². The molecule has 0 spiro atoms. The summed E-state index contributed by atoms with van der Waals surface area (Å²) in [6.07, 6.45) is 4.47. The molecule has 0 aliphatic heterocycles. The summed E-state index contributed by atoms with van der Waals surface area (Å²) < 4.78 is 15.6. The molecule has 0 fully saturated rings. The minimum Gasteiger partial charge on any atom is -0.356 e. The molecule has 3 rings (SSSR count). The highest BCUT2D eigenvalue weighted by molar-refractivity contribution is 14.0. The van der Waals surface area contributed by atoms with Gasteiger partial charge in [0.1, 0.15) is 5.82 Å². The first-order valence-corrected chi connectivity index (χ1v) is 8.98. The number of guanidine groups is 1. The second kappa shape index (κ2) is 11.4. The SMILES string of the molecule is CN=C(NCCc1ccccc1F)NCc1cnn(Cc2ccccc2)c1.I. The van der Waals surface area contributed by atoms with E-state index in [0.717, 1.165) is 12.1 Å². The van der Waals surface area contributed by atoms with Crippen molar-refractivity contribution in [2.24, 2.45) is 4.99 Å². The van der Waals surface area contributed by atoms with Gasteiger partial charge in [0, 0.05) is 31.9 Å². The standard InChI is InChI=1S/C21H24FN5.HI/c1-23-21(24-12-11-19-9-5-6-10-20(19)22)25-13-18-14-26-27(16-18)15-17-7-3-2-4-8-17;/h2-10,14,16H,11-13,15H2,1H3,(H2,23,24,25);1H. The van der Waals surface area contributed by atoms with Gasteiger partial charge in [0.05, 0.1) is 12.7 Å². The average Bonchev–Trinajstić information content (AvgIpc) is 3.14. The maximum Gasteiger partial charge on any atom is 0.191 e. The zero-order valence-electron chi connectivity index (χ0n) is 15.8. The third kappa shape index (κ3) is 6.63. The van der Waals surface area contributed by atoms with Gasteiger partial charge in [-0.05, 0) is 23.6 Å². The van der Waals surface area contributed by atoms with Gasteiger partial charge >= 0.3 is 0 Å². The molecule has 0 bridgehead atoms. The van der Waals surface area contributed by atoms with Gasteiger partial charge in [0.15, 0.2) is 5.96 Å². The number of rotatable bonds is 7. The van der Waals surface area contributed by atoms with E-state index < -0.39 is 0 Å². The molecule has 5 nitrogen and oxygen atoms in total. The van der Waals surface area contributed by atoms with Gasteiger partial charge in [0.2, 0.25) is 0 Å². The van der Waals surface area contributed by atoms with Gasteiger partial charge in [-0.25, -0.2) is 4.39 Å². The molecule has 0 amide bonds. The average molecular weight is 493 g/mol. The molecule has 1 aromatic heterocycles. The van der Waals surface area contributed by atoms with Crippen LogP contribution in [0.15, 0.2) is 72.0 Å². The number of hydrogen-bond donors (Lipinski definition) is 2. The smallest absolute Gasteiger partial charge is 0.191 e. The molecular weight excluding hydrogens is 468 g/mol. The van der Waals surface area contributed by atoms with Crippen LogP contribution in [-0.4, -0.2) is 29.3 Å². The predicted octanol–water partition coefficient (Wildman–Crippen LogP) is 3.60. The summed E-state index contributed by atoms with van der Waals surface area (Å²) in [5.41, 5.74) is 2.98. The van der Waals surface area contributed by atoms with E-state index in [4.69, 9.17) is 0 Å². The topological polar surface area (TPSA) is 54.2 Å². The number of benzene rings is 2. The zero-order valence-corrected chi connectivity index (χ0v) is 18.1. The lowest BCUT2D eigenvalue weighted by Crippen LogP contribution is -2.37. The van der Waals surface area contributed by atoms with Crippen LogP contribution in [0.2, 0.25) is 0 Å². The summed E-state index contributed by atoms with van der Waals surface area (Å²) in [4.78, 5) is 4.20. The molecular formula is C21H25FIN5. The Morgan fingerprint density at radius 1 is 1.04 bits per heavy atom. The largest absolute Gasteiger partial charge is 0.356 e. The number of nitrogens with zero attached hydrogens (tertiary/aromatic N) is 3. The summed E-state index contributed by atoms with van der Waals surface area (Å²) in [7, 11) is 1.72. The summed E-state index contributed by atoms with van der Waals surface area (Å²) >= 11 is 0. The number of halogens is 2. The van der Waals surface area contributed by atoms with Crippen LogP contribution < -0.4 is 10.6 Å². The van der Waals surface area contributed by atoms with E-state index in [9.17, 15) is 4.39 Å². The highest BCUT2D eigenvalue weighted by Crippen LogP contribution is 2.06. The van der Waals surface area contributed by atoms with E-state index in [1.54, 1.807) is 19.2 Å². The number of aliphatic imine (C=N–C) groups is 1. The molecule has 0 aliphatic carbocycles. The minimum atomic E-state index is -0.173. The van der Waals surface area contributed by atoms with Gasteiger partial charge in [0.25, 0.3) is 0 Å². The van der Waals surface area contributed by atoms with Crippen molar-refractivity contribution in [3.63, 3.8) is 0 Å². The van der Waals surface area contributed by atoms with Crippen molar-refractivity contribution in [1.82, 2.24) is 20.4 Å². The molecule has 0 aliphatic rings. The zero-order chi connectivity index (χ0) is 18.9. The van der Waals surface area contributed by atoms with Crippen LogP contribution in [0, 0.1) is 5.82 Å². The number of nitrogens with one attached hydrogen (secondary N) is 2. The van der Waals surface area contributed by atoms with Crippen LogP contribution in [0.1, 0.15) is 16.7 Å². The van der Waals surface area contributed by atoms with Crippen molar-refractivity contribution in [2.75, 3.05) is 13.6 Å². The fraction of sp³-hybridized carbons (Fsp3) is 0.238. The summed E-state index contributed by atoms with van der Waals surface area (Å²) in [5.74, 6) is 0.509. The van der Waals surface area contributed by atoms with Crippen LogP contribution in [0.25, 0.3) is 0 Å². The molecule has 0 atom stereocenters. The van der Waals surface area contributed by atoms with Gasteiger partial charge in [-0.1, -0.05) is 48.5 Å². The van der Waals surface area contributed by atoms with E-state index in [-0.39, 0.29) is 29.8 Å². The highest BCUT2D eigenvalue weighted by atomic mass is 127. The second-order valence-corrected chi connectivity index (χ2v) is 6.23. The molecule has 0 saturated carbocycles. The molecule has 148 valence electrons. The first-order valence-electron chi connectivity index (χ1n) is 8.98. The third-order valence-corrected chi connectivity index (χ3v) is 4.20. The van der Waals surface area contributed by atoms with E-state index in [1.807, 2.05) is 41.3 Å². The summed E-state index contributed by atoms with van der Waals surface area (Å²) in [5, 5.41) is 10.9. The molecule has 0 saturated heterocycles. The van der Waals surface area contributed by atoms with Crippen LogP contribution in [0.4, 0.5) is 4.39 Å². The minimum absolute atomic E-state index is 0. The molecule has 0 radical (unpaired) electrons. The van der Waals surface area contributed by atoms with Gasteiger partial charge in [-0.3, -0.25) is 9.67 Å². The Hall–Kier alpha value is -2.42. The number of aromatic nitrogens is 2. The lowest BCUT2D eigenvalue weighted by Gasteiger charge is -2.11. The lowest BCUT2D eigenvalue weighted by molar-refractivity contribution is 0.606. The Bertz CT molecular complexity index is 879. The third-order valence-electron chi connectivity index (χ3n) is 4.20. The maximum absolute atomic E-state index is 13.6. The molecule has 2 N–H and O–H groups in total. The number of hydrogen-bond acceptors (Lipinski definition) is 2. The molecule has 1 heterocycles. The molecule has 28 heavy (non-hydrogen) atoms. The van der Waals surface area contributed by atoms with Crippen molar-refractivity contribution >= 4 is 29.9 Å². The molecule has 7 heteroatoms. The Kier molecular flexibility index (Phi) is 8.93. The molecule has 0 unspecified atom stereocenters. The van der Waals surface area contributed by atoms with Crippen LogP contribution >= 0.6 is 24.0 Å². The quantitative estimate of drug-likeness (QED) is 0.301. The van der Waals surface area contributed by atoms with Crippen molar-refractivity contribution in [1.29, 1.82) is 0 Å². The van der Waals surface area contributed by atoms with Gasteiger partial charge in [-0.2, -0.15) is 5.10 Å². The van der Waals surface area contributed by atoms with Gasteiger partial charge < -0.3 is 10.6 Å². The van der Waals surface area contributed by atoms with Crippen molar-refractivity contribution < 1.29 is 4.39 Å². The predicted molar refractivity (Wildman–Crippen MR) is 121 cm³/mol. The maximum atomic E-state index is 13.6. The normalized spacial score (nSPS) is 11.0. The van der Waals surface area contributed by atoms with Crippen LogP contribution in [0.3, 0.4) is 0 Å². The molecule has 2 aromatic carbocycles. The highest BCUT2D eigenvalue weighted by Gasteiger charge is 2.04. The van der Waals surface area contributed by atoms with Crippen molar-refractivity contribution in [2.45, 2.75) is 19.5 Å².